The van der Waals surface area contributed by atoms with Gasteiger partial charge in [0.05, 0.1) is 0 Å². The van der Waals surface area contributed by atoms with Gasteiger partial charge >= 0.3 is 11.9 Å². The fourth-order valence-electron chi connectivity index (χ4n) is 0.979. The van der Waals surface area contributed by atoms with Crippen LogP contribution in [-0.4, -0.2) is 27.1 Å². The summed E-state index contributed by atoms with van der Waals surface area (Å²) in [7, 11) is 1.32. The SMILES string of the molecule is Cn1cnn(C(CN)C(F)(F)F)c1=O. The largest absolute Gasteiger partial charge is 0.412 e. The minimum atomic E-state index is -4.56. The van der Waals surface area contributed by atoms with Gasteiger partial charge in [0.1, 0.15) is 6.33 Å². The topological polar surface area (TPSA) is 65.8 Å². The second-order valence-electron chi connectivity index (χ2n) is 2.76. The Morgan fingerprint density at radius 3 is 2.50 bits per heavy atom. The third kappa shape index (κ3) is 1.79. The van der Waals surface area contributed by atoms with Crippen LogP contribution in [0.15, 0.2) is 11.1 Å². The molecule has 1 atom stereocenters. The molecule has 1 aromatic heterocycles. The van der Waals surface area contributed by atoms with E-state index in [1.54, 1.807) is 0 Å². The molecule has 1 heterocycles. The van der Waals surface area contributed by atoms with Crippen LogP contribution >= 0.6 is 0 Å². The van der Waals surface area contributed by atoms with Crippen molar-refractivity contribution in [3.05, 3.63) is 16.8 Å². The van der Waals surface area contributed by atoms with Crippen LogP contribution in [0.1, 0.15) is 6.04 Å². The maximum Gasteiger partial charge on any atom is 0.412 e. The fraction of sp³-hybridized carbons (Fsp3) is 0.667. The summed E-state index contributed by atoms with van der Waals surface area (Å²) in [6.45, 7) is -0.708. The number of rotatable bonds is 2. The van der Waals surface area contributed by atoms with Crippen LogP contribution in [0.5, 0.6) is 0 Å². The summed E-state index contributed by atoms with van der Waals surface area (Å²) in [5.74, 6) is 0. The third-order valence-electron chi connectivity index (χ3n) is 1.74. The average molecular weight is 210 g/mol. The van der Waals surface area contributed by atoms with Gasteiger partial charge in [-0.15, -0.1) is 0 Å². The van der Waals surface area contributed by atoms with E-state index in [-0.39, 0.29) is 0 Å². The molecule has 0 aliphatic heterocycles. The first-order valence-corrected chi connectivity index (χ1v) is 3.75. The molecule has 1 rings (SSSR count). The minimum Gasteiger partial charge on any atom is -0.328 e. The lowest BCUT2D eigenvalue weighted by atomic mass is 10.3. The summed E-state index contributed by atoms with van der Waals surface area (Å²) in [6, 6.07) is -2.06. The molecule has 80 valence electrons. The smallest absolute Gasteiger partial charge is 0.328 e. The fourth-order valence-corrected chi connectivity index (χ4v) is 0.979. The second-order valence-corrected chi connectivity index (χ2v) is 2.76. The third-order valence-corrected chi connectivity index (χ3v) is 1.74. The molecule has 0 aromatic carbocycles. The average Bonchev–Trinajstić information content (AvgIpc) is 2.35. The van der Waals surface area contributed by atoms with E-state index in [1.165, 1.54) is 7.05 Å². The van der Waals surface area contributed by atoms with Gasteiger partial charge in [-0.1, -0.05) is 0 Å². The molecule has 0 aliphatic carbocycles. The molecular formula is C6H9F3N4O. The first-order chi connectivity index (χ1) is 6.38. The number of nitrogens with two attached hydrogens (primary N) is 1. The Bertz CT molecular complexity index is 366. The van der Waals surface area contributed by atoms with Crippen molar-refractivity contribution in [1.29, 1.82) is 0 Å². The number of alkyl halides is 3. The second kappa shape index (κ2) is 3.45. The standard InChI is InChI=1S/C6H9F3N4O/c1-12-3-11-13(5(12)14)4(2-10)6(7,8)9/h3-4H,2,10H2,1H3. The minimum absolute atomic E-state index is 0.333. The molecule has 0 aliphatic rings. The summed E-state index contributed by atoms with van der Waals surface area (Å²) in [6.07, 6.45) is -3.55. The molecule has 1 aromatic rings. The Kier molecular flexibility index (Phi) is 2.65. The summed E-state index contributed by atoms with van der Waals surface area (Å²) >= 11 is 0. The van der Waals surface area contributed by atoms with E-state index < -0.39 is 24.5 Å². The monoisotopic (exact) mass is 210 g/mol. The van der Waals surface area contributed by atoms with E-state index in [9.17, 15) is 18.0 Å². The lowest BCUT2D eigenvalue weighted by Gasteiger charge is -2.17. The first kappa shape index (κ1) is 10.8. The van der Waals surface area contributed by atoms with Gasteiger partial charge in [-0.25, -0.2) is 4.79 Å². The highest BCUT2D eigenvalue weighted by atomic mass is 19.4. The number of halogens is 3. The number of hydrogen-bond acceptors (Lipinski definition) is 3. The molecule has 1 unspecified atom stereocenters. The molecule has 0 radical (unpaired) electrons. The van der Waals surface area contributed by atoms with Crippen molar-refractivity contribution in [2.75, 3.05) is 6.54 Å². The van der Waals surface area contributed by atoms with Crippen LogP contribution in [-0.2, 0) is 7.05 Å². The molecule has 0 spiro atoms. The molecule has 0 fully saturated rings. The van der Waals surface area contributed by atoms with Crippen molar-refractivity contribution in [3.63, 3.8) is 0 Å². The highest BCUT2D eigenvalue weighted by Crippen LogP contribution is 2.27. The van der Waals surface area contributed by atoms with Crippen molar-refractivity contribution >= 4 is 0 Å². The molecule has 0 bridgehead atoms. The molecular weight excluding hydrogens is 201 g/mol. The number of nitrogens with zero attached hydrogens (tertiary/aromatic N) is 3. The Morgan fingerprint density at radius 2 is 2.21 bits per heavy atom. The summed E-state index contributed by atoms with van der Waals surface area (Å²) in [5, 5.41) is 3.32. The van der Waals surface area contributed by atoms with Crippen LogP contribution in [0.4, 0.5) is 13.2 Å². The molecule has 5 nitrogen and oxygen atoms in total. The molecule has 0 saturated carbocycles. The maximum absolute atomic E-state index is 12.3. The Hall–Kier alpha value is -1.31. The van der Waals surface area contributed by atoms with Gasteiger partial charge in [0.2, 0.25) is 0 Å². The van der Waals surface area contributed by atoms with Crippen LogP contribution < -0.4 is 11.4 Å². The lowest BCUT2D eigenvalue weighted by molar-refractivity contribution is -0.168. The zero-order valence-electron chi connectivity index (χ0n) is 7.32. The predicted molar refractivity (Wildman–Crippen MR) is 41.6 cm³/mol. The van der Waals surface area contributed by atoms with Crippen LogP contribution in [0.3, 0.4) is 0 Å². The van der Waals surface area contributed by atoms with Gasteiger partial charge in [-0.2, -0.15) is 23.0 Å². The summed E-state index contributed by atoms with van der Waals surface area (Å²) in [4.78, 5) is 11.1. The molecule has 8 heteroatoms. The van der Waals surface area contributed by atoms with Crippen molar-refractivity contribution in [2.45, 2.75) is 12.2 Å². The van der Waals surface area contributed by atoms with E-state index in [1.807, 2.05) is 0 Å². The Labute approximate surface area is 76.9 Å². The Morgan fingerprint density at radius 1 is 1.64 bits per heavy atom. The normalized spacial score (nSPS) is 14.4. The van der Waals surface area contributed by atoms with Crippen molar-refractivity contribution < 1.29 is 13.2 Å². The zero-order chi connectivity index (χ0) is 10.9. The van der Waals surface area contributed by atoms with Crippen LogP contribution in [0.2, 0.25) is 0 Å². The highest BCUT2D eigenvalue weighted by Gasteiger charge is 2.41. The highest BCUT2D eigenvalue weighted by molar-refractivity contribution is 4.78. The van der Waals surface area contributed by atoms with Gasteiger partial charge in [0.25, 0.3) is 0 Å². The lowest BCUT2D eigenvalue weighted by Crippen LogP contribution is -2.39. The van der Waals surface area contributed by atoms with E-state index in [4.69, 9.17) is 5.73 Å². The molecule has 0 amide bonds. The van der Waals surface area contributed by atoms with E-state index >= 15 is 0 Å². The van der Waals surface area contributed by atoms with E-state index in [0.717, 1.165) is 10.9 Å². The summed E-state index contributed by atoms with van der Waals surface area (Å²) in [5.41, 5.74) is 4.10. The van der Waals surface area contributed by atoms with Gasteiger partial charge in [0, 0.05) is 13.6 Å². The quantitative estimate of drug-likeness (QED) is 0.725. The van der Waals surface area contributed by atoms with Gasteiger partial charge in [-0.05, 0) is 0 Å². The van der Waals surface area contributed by atoms with Gasteiger partial charge in [0.15, 0.2) is 6.04 Å². The number of aryl methyl sites for hydroxylation is 1. The van der Waals surface area contributed by atoms with Gasteiger partial charge in [-0.3, -0.25) is 4.57 Å². The molecule has 2 N–H and O–H groups in total. The maximum atomic E-state index is 12.3. The van der Waals surface area contributed by atoms with E-state index in [2.05, 4.69) is 5.10 Å². The van der Waals surface area contributed by atoms with Crippen molar-refractivity contribution in [3.8, 4) is 0 Å². The molecule has 14 heavy (non-hydrogen) atoms. The van der Waals surface area contributed by atoms with Crippen LogP contribution in [0.25, 0.3) is 0 Å². The predicted octanol–water partition coefficient (Wildman–Crippen LogP) is -0.356. The van der Waals surface area contributed by atoms with Crippen molar-refractivity contribution in [2.24, 2.45) is 12.8 Å². The first-order valence-electron chi connectivity index (χ1n) is 3.75. The van der Waals surface area contributed by atoms with Crippen LogP contribution in [0, 0.1) is 0 Å². The molecule has 0 saturated heterocycles. The van der Waals surface area contributed by atoms with Gasteiger partial charge < -0.3 is 5.73 Å². The number of aromatic nitrogens is 3. The summed E-state index contributed by atoms with van der Waals surface area (Å²) < 4.78 is 38.2. The van der Waals surface area contributed by atoms with E-state index in [0.29, 0.717) is 4.68 Å². The van der Waals surface area contributed by atoms with Crippen molar-refractivity contribution in [1.82, 2.24) is 14.3 Å². The zero-order valence-corrected chi connectivity index (χ0v) is 7.32. The Balaban J connectivity index is 3.14. The number of hydrogen-bond donors (Lipinski definition) is 1.